The third kappa shape index (κ3) is 1.77. The van der Waals surface area contributed by atoms with Crippen LogP contribution in [0.2, 0.25) is 0 Å². The Morgan fingerprint density at radius 1 is 0.867 bits per heavy atom. The molecule has 0 bridgehead atoms. The van der Waals surface area contributed by atoms with E-state index in [1.54, 1.807) is 0 Å². The van der Waals surface area contributed by atoms with E-state index in [-0.39, 0.29) is 48.0 Å². The minimum Gasteiger partial charge on any atom is -0.393 e. The Labute approximate surface area is 177 Å². The summed E-state index contributed by atoms with van der Waals surface area (Å²) >= 11 is 0. The van der Waals surface area contributed by atoms with Crippen molar-refractivity contribution in [3.8, 4) is 11.8 Å². The van der Waals surface area contributed by atoms with Crippen molar-refractivity contribution in [3.05, 3.63) is 0 Å². The second kappa shape index (κ2) is 5.27. The maximum Gasteiger partial charge on any atom is 0.159 e. The van der Waals surface area contributed by atoms with E-state index in [4.69, 9.17) is 0 Å². The maximum atomic E-state index is 12.0. The van der Waals surface area contributed by atoms with Crippen LogP contribution in [0.3, 0.4) is 0 Å². The molecule has 6 aliphatic carbocycles. The van der Waals surface area contributed by atoms with Crippen molar-refractivity contribution in [2.45, 2.75) is 87.3 Å². The highest BCUT2D eigenvalue weighted by atomic mass is 16.4. The molecule has 6 heteroatoms. The first-order chi connectivity index (χ1) is 13.9. The van der Waals surface area contributed by atoms with Gasteiger partial charge in [-0.3, -0.25) is 0 Å². The van der Waals surface area contributed by atoms with Crippen LogP contribution >= 0.6 is 0 Å². The topological polar surface area (TPSA) is 121 Å². The average Bonchev–Trinajstić information content (AvgIpc) is 3.57. The normalized spacial score (nSPS) is 67.1. The standard InChI is InChI=1S/C24H34O6/c1-19-7-5-17-20(2,18(19)16-12-23(16,29)24(19,30)6-3-9-25)14-10-15(14)22(28)11-13(26)4-8-21(17,22)27/h13-18,25-30H,4-5,7-12H2,1-2H3/t13-,14-,15+,16-,17-,18+,19-,20+,21-,22+,23+,24+/m0/s1. The molecule has 6 N–H and O–H groups in total. The first kappa shape index (κ1) is 20.0. The monoisotopic (exact) mass is 418 g/mol. The number of rotatable bonds is 0. The Morgan fingerprint density at radius 2 is 1.60 bits per heavy atom. The third-order valence-corrected chi connectivity index (χ3v) is 11.2. The molecule has 0 aliphatic heterocycles. The van der Waals surface area contributed by atoms with E-state index in [1.165, 1.54) is 0 Å². The Morgan fingerprint density at radius 3 is 2.30 bits per heavy atom. The van der Waals surface area contributed by atoms with Gasteiger partial charge >= 0.3 is 0 Å². The highest BCUT2D eigenvalue weighted by Gasteiger charge is 2.89. The Balaban J connectivity index is 1.49. The van der Waals surface area contributed by atoms with Crippen molar-refractivity contribution in [1.29, 1.82) is 0 Å². The summed E-state index contributed by atoms with van der Waals surface area (Å²) in [6.45, 7) is 3.89. The van der Waals surface area contributed by atoms with Gasteiger partial charge in [0.25, 0.3) is 0 Å². The second-order valence-corrected chi connectivity index (χ2v) is 12.0. The molecule has 6 saturated carbocycles. The summed E-state index contributed by atoms with van der Waals surface area (Å²) < 4.78 is 0. The molecule has 166 valence electrons. The summed E-state index contributed by atoms with van der Waals surface area (Å²) in [5.74, 6) is 5.40. The Bertz CT molecular complexity index is 881. The molecule has 6 nitrogen and oxygen atoms in total. The molecular formula is C24H34O6. The lowest BCUT2D eigenvalue weighted by molar-refractivity contribution is -0.298. The number of fused-ring (bicyclic) bond motifs is 10. The zero-order valence-electron chi connectivity index (χ0n) is 17.8. The van der Waals surface area contributed by atoms with Gasteiger partial charge in [-0.1, -0.05) is 25.7 Å². The van der Waals surface area contributed by atoms with Gasteiger partial charge in [-0.05, 0) is 73.5 Å². The van der Waals surface area contributed by atoms with E-state index in [9.17, 15) is 30.6 Å². The molecule has 12 atom stereocenters. The lowest BCUT2D eigenvalue weighted by Gasteiger charge is -2.67. The van der Waals surface area contributed by atoms with E-state index in [0.29, 0.717) is 32.1 Å². The van der Waals surface area contributed by atoms with Gasteiger partial charge in [0.2, 0.25) is 0 Å². The van der Waals surface area contributed by atoms with Crippen LogP contribution in [0.25, 0.3) is 0 Å². The van der Waals surface area contributed by atoms with E-state index >= 15 is 0 Å². The zero-order chi connectivity index (χ0) is 21.5. The van der Waals surface area contributed by atoms with Crippen molar-refractivity contribution in [2.75, 3.05) is 6.61 Å². The number of hydrogen-bond donors (Lipinski definition) is 6. The van der Waals surface area contributed by atoms with Gasteiger partial charge in [0.05, 0.1) is 17.3 Å². The molecule has 0 saturated heterocycles. The third-order valence-electron chi connectivity index (χ3n) is 11.2. The molecule has 0 aromatic carbocycles. The maximum absolute atomic E-state index is 12.0. The fourth-order valence-corrected chi connectivity index (χ4v) is 9.94. The van der Waals surface area contributed by atoms with Crippen molar-refractivity contribution in [3.63, 3.8) is 0 Å². The van der Waals surface area contributed by atoms with Crippen LogP contribution in [-0.2, 0) is 0 Å². The first-order valence-corrected chi connectivity index (χ1v) is 11.6. The molecule has 0 aromatic heterocycles. The van der Waals surface area contributed by atoms with Crippen LogP contribution in [0, 0.1) is 52.3 Å². The summed E-state index contributed by atoms with van der Waals surface area (Å²) in [4.78, 5) is 0. The fraction of sp³-hybridized carbons (Fsp3) is 0.917. The highest BCUT2D eigenvalue weighted by Crippen LogP contribution is 2.85. The van der Waals surface area contributed by atoms with Crippen LogP contribution < -0.4 is 0 Å². The van der Waals surface area contributed by atoms with Gasteiger partial charge in [0, 0.05) is 11.8 Å². The number of hydrogen-bond acceptors (Lipinski definition) is 6. The van der Waals surface area contributed by atoms with Crippen molar-refractivity contribution < 1.29 is 30.6 Å². The van der Waals surface area contributed by atoms with Crippen molar-refractivity contribution in [2.24, 2.45) is 40.4 Å². The van der Waals surface area contributed by atoms with E-state index < -0.39 is 33.9 Å². The Hall–Kier alpha value is -0.680. The summed E-state index contributed by atoms with van der Waals surface area (Å²) in [5.41, 5.74) is -6.29. The average molecular weight is 419 g/mol. The Kier molecular flexibility index (Phi) is 3.51. The van der Waals surface area contributed by atoms with Gasteiger partial charge in [0.15, 0.2) is 5.60 Å². The van der Waals surface area contributed by atoms with Crippen LogP contribution in [0.15, 0.2) is 0 Å². The largest absolute Gasteiger partial charge is 0.393 e. The molecule has 0 heterocycles. The van der Waals surface area contributed by atoms with Crippen molar-refractivity contribution in [1.82, 2.24) is 0 Å². The smallest absolute Gasteiger partial charge is 0.159 e. The molecular weight excluding hydrogens is 384 g/mol. The molecule has 6 aliphatic rings. The SMILES string of the molecule is C[C@@]12[C@H]3C[C@H]3[C@]3(O)C[C@@H](O)CC[C@]3(O)[C@H]1CC[C@@]1(C)[C@H]2[C@@H]2C[C@]2(O)[C@@]1(O)C#CCO. The minimum absolute atomic E-state index is 0.0119. The lowest BCUT2D eigenvalue weighted by Crippen LogP contribution is -2.73. The molecule has 6 rings (SSSR count). The quantitative estimate of drug-likeness (QED) is 0.312. The molecule has 0 spiro atoms. The predicted octanol–water partition coefficient (Wildman–Crippen LogP) is 0.173. The molecule has 0 amide bonds. The summed E-state index contributed by atoms with van der Waals surface area (Å²) in [6, 6.07) is 0. The summed E-state index contributed by atoms with van der Waals surface area (Å²) in [7, 11) is 0. The van der Waals surface area contributed by atoms with E-state index in [0.717, 1.165) is 6.42 Å². The van der Waals surface area contributed by atoms with Gasteiger partial charge in [0.1, 0.15) is 12.2 Å². The lowest BCUT2D eigenvalue weighted by atomic mass is 9.40. The van der Waals surface area contributed by atoms with Crippen LogP contribution in [-0.4, -0.2) is 65.8 Å². The van der Waals surface area contributed by atoms with Gasteiger partial charge < -0.3 is 30.6 Å². The highest BCUT2D eigenvalue weighted by molar-refractivity contribution is 5.44. The van der Waals surface area contributed by atoms with E-state index in [1.807, 2.05) is 6.92 Å². The summed E-state index contributed by atoms with van der Waals surface area (Å²) in [6.07, 6.45) is 3.10. The van der Waals surface area contributed by atoms with Gasteiger partial charge in [-0.2, -0.15) is 0 Å². The number of aliphatic hydroxyl groups excluding tert-OH is 2. The number of aliphatic hydroxyl groups is 6. The van der Waals surface area contributed by atoms with Crippen LogP contribution in [0.4, 0.5) is 0 Å². The van der Waals surface area contributed by atoms with Crippen LogP contribution in [0.5, 0.6) is 0 Å². The molecule has 0 radical (unpaired) electrons. The first-order valence-electron chi connectivity index (χ1n) is 11.6. The van der Waals surface area contributed by atoms with Crippen LogP contribution in [0.1, 0.15) is 58.8 Å². The molecule has 6 fully saturated rings. The fourth-order valence-electron chi connectivity index (χ4n) is 9.94. The molecule has 0 unspecified atom stereocenters. The second-order valence-electron chi connectivity index (χ2n) is 12.0. The zero-order valence-corrected chi connectivity index (χ0v) is 17.8. The molecule has 0 aromatic rings. The van der Waals surface area contributed by atoms with Gasteiger partial charge in [-0.25, -0.2) is 0 Å². The minimum atomic E-state index is -1.57. The van der Waals surface area contributed by atoms with Crippen molar-refractivity contribution >= 4 is 0 Å². The summed E-state index contributed by atoms with van der Waals surface area (Å²) in [5, 5.41) is 66.4. The molecule has 30 heavy (non-hydrogen) atoms. The van der Waals surface area contributed by atoms with E-state index in [2.05, 4.69) is 18.8 Å². The predicted molar refractivity (Wildman–Crippen MR) is 107 cm³/mol. The van der Waals surface area contributed by atoms with Gasteiger partial charge in [-0.15, -0.1) is 0 Å².